The number of amides is 1. The molecule has 1 aliphatic heterocycles. The van der Waals surface area contributed by atoms with E-state index in [1.165, 1.54) is 4.31 Å². The molecule has 6 nitrogen and oxygen atoms in total. The minimum Gasteiger partial charge on any atom is -0.326 e. The molecule has 0 atom stereocenters. The van der Waals surface area contributed by atoms with Crippen LogP contribution in [-0.4, -0.2) is 31.7 Å². The van der Waals surface area contributed by atoms with E-state index in [2.05, 4.69) is 26.1 Å². The SMILES string of the molecule is CC(C)(C)c1ccc(S(=O)(=O)N2CCC(C(=O)Nc3cccc(C#N)c3)CC2)cc1. The number of piperidine rings is 1. The Hall–Kier alpha value is -2.69. The lowest BCUT2D eigenvalue weighted by molar-refractivity contribution is -0.120. The van der Waals surface area contributed by atoms with Gasteiger partial charge in [0.2, 0.25) is 15.9 Å². The number of rotatable bonds is 4. The zero-order valence-corrected chi connectivity index (χ0v) is 18.4. The lowest BCUT2D eigenvalue weighted by Gasteiger charge is -2.30. The smallest absolute Gasteiger partial charge is 0.243 e. The van der Waals surface area contributed by atoms with Crippen molar-refractivity contribution in [2.45, 2.75) is 43.9 Å². The van der Waals surface area contributed by atoms with E-state index >= 15 is 0 Å². The van der Waals surface area contributed by atoms with Gasteiger partial charge < -0.3 is 5.32 Å². The summed E-state index contributed by atoms with van der Waals surface area (Å²) in [5.74, 6) is -0.401. The number of hydrogen-bond acceptors (Lipinski definition) is 4. The van der Waals surface area contributed by atoms with Gasteiger partial charge in [0.15, 0.2) is 0 Å². The summed E-state index contributed by atoms with van der Waals surface area (Å²) in [6, 6.07) is 15.8. The molecule has 0 saturated carbocycles. The number of nitrogens with zero attached hydrogens (tertiary/aromatic N) is 2. The number of sulfonamides is 1. The topological polar surface area (TPSA) is 90.3 Å². The van der Waals surface area contributed by atoms with Crippen molar-refractivity contribution in [3.63, 3.8) is 0 Å². The Morgan fingerprint density at radius 3 is 2.30 bits per heavy atom. The van der Waals surface area contributed by atoms with Crippen LogP contribution in [0, 0.1) is 17.2 Å². The second-order valence-electron chi connectivity index (χ2n) is 8.63. The fraction of sp³-hybridized carbons (Fsp3) is 0.391. The van der Waals surface area contributed by atoms with Crippen molar-refractivity contribution in [3.05, 3.63) is 59.7 Å². The third-order valence-electron chi connectivity index (χ3n) is 5.44. The van der Waals surface area contributed by atoms with Gasteiger partial charge in [0.05, 0.1) is 16.5 Å². The molecule has 1 aliphatic rings. The van der Waals surface area contributed by atoms with Crippen LogP contribution < -0.4 is 5.32 Å². The van der Waals surface area contributed by atoms with E-state index in [-0.39, 0.29) is 22.1 Å². The van der Waals surface area contributed by atoms with E-state index in [1.54, 1.807) is 36.4 Å². The van der Waals surface area contributed by atoms with Crippen LogP contribution in [0.5, 0.6) is 0 Å². The molecule has 3 rings (SSSR count). The lowest BCUT2D eigenvalue weighted by Crippen LogP contribution is -2.41. The van der Waals surface area contributed by atoms with Crippen molar-refractivity contribution >= 4 is 21.6 Å². The van der Waals surface area contributed by atoms with Crippen LogP contribution in [-0.2, 0) is 20.2 Å². The molecule has 0 bridgehead atoms. The van der Waals surface area contributed by atoms with E-state index in [0.717, 1.165) is 5.56 Å². The maximum atomic E-state index is 13.0. The summed E-state index contributed by atoms with van der Waals surface area (Å²) in [6.45, 7) is 6.87. The molecule has 30 heavy (non-hydrogen) atoms. The fourth-order valence-electron chi connectivity index (χ4n) is 3.55. The number of hydrogen-bond donors (Lipinski definition) is 1. The van der Waals surface area contributed by atoms with Crippen LogP contribution in [0.3, 0.4) is 0 Å². The average molecular weight is 426 g/mol. The Labute approximate surface area is 178 Å². The van der Waals surface area contributed by atoms with E-state index < -0.39 is 10.0 Å². The van der Waals surface area contributed by atoms with Gasteiger partial charge in [-0.3, -0.25) is 4.79 Å². The van der Waals surface area contributed by atoms with Crippen molar-refractivity contribution in [2.75, 3.05) is 18.4 Å². The van der Waals surface area contributed by atoms with Crippen molar-refractivity contribution < 1.29 is 13.2 Å². The Morgan fingerprint density at radius 1 is 1.10 bits per heavy atom. The first-order chi connectivity index (χ1) is 14.1. The van der Waals surface area contributed by atoms with Gasteiger partial charge in [0.1, 0.15) is 0 Å². The van der Waals surface area contributed by atoms with Gasteiger partial charge in [0, 0.05) is 24.7 Å². The minimum atomic E-state index is -3.58. The molecule has 0 radical (unpaired) electrons. The van der Waals surface area contributed by atoms with E-state index in [1.807, 2.05) is 18.2 Å². The van der Waals surface area contributed by atoms with E-state index in [0.29, 0.717) is 37.2 Å². The Kier molecular flexibility index (Phi) is 6.30. The first kappa shape index (κ1) is 22.0. The number of nitrogens with one attached hydrogen (secondary N) is 1. The molecule has 0 aromatic heterocycles. The van der Waals surface area contributed by atoms with Crippen molar-refractivity contribution in [1.82, 2.24) is 4.31 Å². The van der Waals surface area contributed by atoms with Gasteiger partial charge in [-0.05, 0) is 54.2 Å². The molecule has 1 heterocycles. The number of carbonyl (C=O) groups excluding carboxylic acids is 1. The van der Waals surface area contributed by atoms with Crippen LogP contribution in [0.1, 0.15) is 44.7 Å². The van der Waals surface area contributed by atoms with Crippen molar-refractivity contribution in [1.29, 1.82) is 5.26 Å². The number of benzene rings is 2. The van der Waals surface area contributed by atoms with Crippen molar-refractivity contribution in [2.24, 2.45) is 5.92 Å². The van der Waals surface area contributed by atoms with E-state index in [4.69, 9.17) is 5.26 Å². The Morgan fingerprint density at radius 2 is 1.73 bits per heavy atom. The van der Waals surface area contributed by atoms with Crippen LogP contribution in [0.25, 0.3) is 0 Å². The first-order valence-electron chi connectivity index (χ1n) is 10.0. The molecule has 158 valence electrons. The highest BCUT2D eigenvalue weighted by molar-refractivity contribution is 7.89. The summed E-state index contributed by atoms with van der Waals surface area (Å²) in [6.07, 6.45) is 0.923. The molecule has 2 aromatic rings. The third kappa shape index (κ3) is 4.89. The molecule has 1 fully saturated rings. The van der Waals surface area contributed by atoms with Gasteiger partial charge in [-0.2, -0.15) is 9.57 Å². The Bertz CT molecular complexity index is 1060. The van der Waals surface area contributed by atoms with Gasteiger partial charge in [-0.1, -0.05) is 39.0 Å². The average Bonchev–Trinajstić information content (AvgIpc) is 2.73. The molecule has 1 amide bonds. The summed E-state index contributed by atoms with van der Waals surface area (Å²) in [5, 5.41) is 11.8. The van der Waals surface area contributed by atoms with Gasteiger partial charge >= 0.3 is 0 Å². The largest absolute Gasteiger partial charge is 0.326 e. The van der Waals surface area contributed by atoms with Crippen LogP contribution in [0.2, 0.25) is 0 Å². The van der Waals surface area contributed by atoms with E-state index in [9.17, 15) is 13.2 Å². The van der Waals surface area contributed by atoms with Gasteiger partial charge in [-0.15, -0.1) is 0 Å². The summed E-state index contributed by atoms with van der Waals surface area (Å²) >= 11 is 0. The minimum absolute atomic E-state index is 0.0409. The predicted molar refractivity (Wildman–Crippen MR) is 116 cm³/mol. The molecule has 1 N–H and O–H groups in total. The summed E-state index contributed by atoms with van der Waals surface area (Å²) in [5.41, 5.74) is 2.09. The summed E-state index contributed by atoms with van der Waals surface area (Å²) < 4.78 is 27.4. The molecule has 2 aromatic carbocycles. The zero-order valence-electron chi connectivity index (χ0n) is 17.6. The highest BCUT2D eigenvalue weighted by Gasteiger charge is 2.32. The Balaban J connectivity index is 1.62. The second-order valence-corrected chi connectivity index (χ2v) is 10.6. The molecule has 0 unspecified atom stereocenters. The number of nitriles is 1. The molecular formula is C23H27N3O3S. The monoisotopic (exact) mass is 425 g/mol. The predicted octanol–water partition coefficient (Wildman–Crippen LogP) is 3.90. The quantitative estimate of drug-likeness (QED) is 0.804. The lowest BCUT2D eigenvalue weighted by atomic mass is 9.87. The first-order valence-corrected chi connectivity index (χ1v) is 11.5. The van der Waals surface area contributed by atoms with Crippen molar-refractivity contribution in [3.8, 4) is 6.07 Å². The zero-order chi connectivity index (χ0) is 21.9. The van der Waals surface area contributed by atoms with Gasteiger partial charge in [0.25, 0.3) is 0 Å². The standard InChI is InChI=1S/C23H27N3O3S/c1-23(2,3)19-7-9-21(10-8-19)30(28,29)26-13-11-18(12-14-26)22(27)25-20-6-4-5-17(15-20)16-24/h4-10,15,18H,11-14H2,1-3H3,(H,25,27). The molecule has 1 saturated heterocycles. The highest BCUT2D eigenvalue weighted by atomic mass is 32.2. The number of anilines is 1. The molecule has 7 heteroatoms. The number of carbonyl (C=O) groups is 1. The molecule has 0 spiro atoms. The summed E-state index contributed by atoms with van der Waals surface area (Å²) in [4.78, 5) is 12.8. The van der Waals surface area contributed by atoms with Crippen LogP contribution in [0.15, 0.2) is 53.4 Å². The molecular weight excluding hydrogens is 398 g/mol. The summed E-state index contributed by atoms with van der Waals surface area (Å²) in [7, 11) is -3.58. The normalized spacial score (nSPS) is 16.1. The second kappa shape index (κ2) is 8.58. The highest BCUT2D eigenvalue weighted by Crippen LogP contribution is 2.27. The molecule has 0 aliphatic carbocycles. The maximum Gasteiger partial charge on any atom is 0.243 e. The maximum absolute atomic E-state index is 13.0. The third-order valence-corrected chi connectivity index (χ3v) is 7.35. The van der Waals surface area contributed by atoms with Crippen LogP contribution >= 0.6 is 0 Å². The fourth-order valence-corrected chi connectivity index (χ4v) is 5.01. The van der Waals surface area contributed by atoms with Crippen LogP contribution in [0.4, 0.5) is 5.69 Å². The van der Waals surface area contributed by atoms with Gasteiger partial charge in [-0.25, -0.2) is 8.42 Å².